The maximum absolute atomic E-state index is 4.33. The molecule has 1 N–H and O–H groups in total. The van der Waals surface area contributed by atoms with Gasteiger partial charge in [0.25, 0.3) is 0 Å². The molecule has 0 radical (unpaired) electrons. The quantitative estimate of drug-likeness (QED) is 0.815. The molecule has 0 spiro atoms. The average Bonchev–Trinajstić information content (AvgIpc) is 2.36. The first-order valence-electron chi connectivity index (χ1n) is 6.50. The summed E-state index contributed by atoms with van der Waals surface area (Å²) in [6.07, 6.45) is 8.90. The number of hydrogen-bond donors (Lipinski definition) is 1. The van der Waals surface area contributed by atoms with Crippen LogP contribution >= 0.6 is 11.8 Å². The fourth-order valence-electron chi connectivity index (χ4n) is 2.15. The normalized spacial score (nSPS) is 17.0. The molecule has 0 atom stereocenters. The van der Waals surface area contributed by atoms with Crippen LogP contribution in [0.4, 0.5) is 5.95 Å². The second kappa shape index (κ2) is 6.84. The molecule has 0 aliphatic heterocycles. The summed E-state index contributed by atoms with van der Waals surface area (Å²) in [6.45, 7) is 2.95. The maximum atomic E-state index is 4.33. The third-order valence-electron chi connectivity index (χ3n) is 3.09. The van der Waals surface area contributed by atoms with Crippen LogP contribution in [0.1, 0.15) is 37.8 Å². The summed E-state index contributed by atoms with van der Waals surface area (Å²) in [5.74, 6) is 1.91. The minimum Gasteiger partial charge on any atom is -0.353 e. The van der Waals surface area contributed by atoms with E-state index in [1.165, 1.54) is 32.1 Å². The Morgan fingerprint density at radius 2 is 2.18 bits per heavy atom. The summed E-state index contributed by atoms with van der Waals surface area (Å²) in [7, 11) is 0. The van der Waals surface area contributed by atoms with Gasteiger partial charge in [0, 0.05) is 29.4 Å². The van der Waals surface area contributed by atoms with Gasteiger partial charge in [0.1, 0.15) is 0 Å². The Morgan fingerprint density at radius 3 is 2.94 bits per heavy atom. The van der Waals surface area contributed by atoms with Crippen LogP contribution in [0.3, 0.4) is 0 Å². The van der Waals surface area contributed by atoms with Gasteiger partial charge in [0.2, 0.25) is 5.95 Å². The lowest BCUT2D eigenvalue weighted by molar-refractivity contribution is 0.516. The molecule has 1 aliphatic rings. The summed E-state index contributed by atoms with van der Waals surface area (Å²) in [6, 6.07) is 1.92. The first kappa shape index (κ1) is 12.7. The number of rotatable bonds is 5. The van der Waals surface area contributed by atoms with Crippen molar-refractivity contribution < 1.29 is 0 Å². The van der Waals surface area contributed by atoms with E-state index in [1.54, 1.807) is 6.20 Å². The molecule has 1 aromatic heterocycles. The Morgan fingerprint density at radius 1 is 1.35 bits per heavy atom. The van der Waals surface area contributed by atoms with E-state index in [-0.39, 0.29) is 0 Å². The third-order valence-corrected chi connectivity index (χ3v) is 4.47. The molecule has 0 bridgehead atoms. The number of hydrogen-bond acceptors (Lipinski definition) is 4. The molecule has 17 heavy (non-hydrogen) atoms. The lowest BCUT2D eigenvalue weighted by atomic mass is 10.0. The van der Waals surface area contributed by atoms with Gasteiger partial charge in [-0.3, -0.25) is 0 Å². The van der Waals surface area contributed by atoms with Crippen molar-refractivity contribution in [1.82, 2.24) is 9.97 Å². The average molecular weight is 251 g/mol. The predicted molar refractivity (Wildman–Crippen MR) is 74.6 cm³/mol. The van der Waals surface area contributed by atoms with Gasteiger partial charge < -0.3 is 5.32 Å². The van der Waals surface area contributed by atoms with Crippen LogP contribution in [0.15, 0.2) is 12.3 Å². The van der Waals surface area contributed by atoms with E-state index in [4.69, 9.17) is 0 Å². The van der Waals surface area contributed by atoms with Gasteiger partial charge in [0.15, 0.2) is 0 Å². The summed E-state index contributed by atoms with van der Waals surface area (Å²) in [5.41, 5.74) is 1.02. The van der Waals surface area contributed by atoms with Crippen LogP contribution in [0.5, 0.6) is 0 Å². The van der Waals surface area contributed by atoms with Crippen molar-refractivity contribution >= 4 is 17.7 Å². The lowest BCUT2D eigenvalue weighted by Crippen LogP contribution is -2.13. The van der Waals surface area contributed by atoms with E-state index in [0.29, 0.717) is 0 Å². The van der Waals surface area contributed by atoms with Crippen molar-refractivity contribution in [2.24, 2.45) is 0 Å². The van der Waals surface area contributed by atoms with Gasteiger partial charge >= 0.3 is 0 Å². The number of aryl methyl sites for hydroxylation is 1. The molecule has 1 aliphatic carbocycles. The van der Waals surface area contributed by atoms with Crippen molar-refractivity contribution in [1.29, 1.82) is 0 Å². The lowest BCUT2D eigenvalue weighted by Gasteiger charge is -2.20. The number of anilines is 1. The van der Waals surface area contributed by atoms with E-state index in [9.17, 15) is 0 Å². The van der Waals surface area contributed by atoms with Crippen molar-refractivity contribution in [2.75, 3.05) is 17.6 Å². The Hall–Kier alpha value is -0.770. The first-order valence-corrected chi connectivity index (χ1v) is 7.54. The molecule has 0 unspecified atom stereocenters. The van der Waals surface area contributed by atoms with E-state index in [2.05, 4.69) is 27.0 Å². The van der Waals surface area contributed by atoms with E-state index < -0.39 is 0 Å². The predicted octanol–water partition coefficient (Wildman–Crippen LogP) is 3.26. The molecule has 0 aromatic carbocycles. The molecular weight excluding hydrogens is 230 g/mol. The molecule has 1 aromatic rings. The van der Waals surface area contributed by atoms with Gasteiger partial charge in [-0.05, 0) is 25.8 Å². The zero-order valence-corrected chi connectivity index (χ0v) is 11.3. The van der Waals surface area contributed by atoms with Crippen molar-refractivity contribution in [3.8, 4) is 0 Å². The summed E-state index contributed by atoms with van der Waals surface area (Å²) >= 11 is 2.10. The summed E-state index contributed by atoms with van der Waals surface area (Å²) in [4.78, 5) is 8.52. The molecule has 1 saturated carbocycles. The number of aromatic nitrogens is 2. The SMILES string of the molecule is Cc1ccnc(NCCSC2CCCCC2)n1. The summed E-state index contributed by atoms with van der Waals surface area (Å²) in [5, 5.41) is 4.17. The molecule has 1 fully saturated rings. The van der Waals surface area contributed by atoms with Crippen LogP contribution in [0, 0.1) is 6.92 Å². The fraction of sp³-hybridized carbons (Fsp3) is 0.692. The van der Waals surface area contributed by atoms with Crippen LogP contribution in [-0.4, -0.2) is 27.5 Å². The van der Waals surface area contributed by atoms with Crippen molar-refractivity contribution in [2.45, 2.75) is 44.3 Å². The van der Waals surface area contributed by atoms with Crippen molar-refractivity contribution in [3.63, 3.8) is 0 Å². The number of thioether (sulfide) groups is 1. The summed E-state index contributed by atoms with van der Waals surface area (Å²) < 4.78 is 0. The Balaban J connectivity index is 1.62. The Kier molecular flexibility index (Phi) is 5.10. The molecule has 0 amide bonds. The smallest absolute Gasteiger partial charge is 0.222 e. The van der Waals surface area contributed by atoms with Crippen LogP contribution in [-0.2, 0) is 0 Å². The second-order valence-electron chi connectivity index (χ2n) is 4.58. The highest BCUT2D eigenvalue weighted by Crippen LogP contribution is 2.27. The maximum Gasteiger partial charge on any atom is 0.222 e. The van der Waals surface area contributed by atoms with Crippen LogP contribution < -0.4 is 5.32 Å². The largest absolute Gasteiger partial charge is 0.353 e. The Bertz CT molecular complexity index is 337. The van der Waals surface area contributed by atoms with Gasteiger partial charge in [-0.1, -0.05) is 19.3 Å². The van der Waals surface area contributed by atoms with Gasteiger partial charge in [-0.25, -0.2) is 9.97 Å². The zero-order valence-electron chi connectivity index (χ0n) is 10.5. The van der Waals surface area contributed by atoms with E-state index in [0.717, 1.165) is 29.2 Å². The number of nitrogens with zero attached hydrogens (tertiary/aromatic N) is 2. The minimum atomic E-state index is 0.759. The minimum absolute atomic E-state index is 0.759. The highest BCUT2D eigenvalue weighted by Gasteiger charge is 2.12. The third kappa shape index (κ3) is 4.54. The monoisotopic (exact) mass is 251 g/mol. The fourth-order valence-corrected chi connectivity index (χ4v) is 3.37. The zero-order chi connectivity index (χ0) is 11.9. The molecular formula is C13H21N3S. The van der Waals surface area contributed by atoms with Crippen LogP contribution in [0.25, 0.3) is 0 Å². The molecule has 0 saturated heterocycles. The molecule has 94 valence electrons. The Labute approximate surface area is 108 Å². The standard InChI is InChI=1S/C13H21N3S/c1-11-7-8-14-13(16-11)15-9-10-17-12-5-3-2-4-6-12/h7-8,12H,2-6,9-10H2,1H3,(H,14,15,16). The molecule has 3 nitrogen and oxygen atoms in total. The molecule has 4 heteroatoms. The molecule has 2 rings (SSSR count). The van der Waals surface area contributed by atoms with E-state index in [1.807, 2.05) is 13.0 Å². The number of nitrogens with one attached hydrogen (secondary N) is 1. The van der Waals surface area contributed by atoms with Crippen LogP contribution in [0.2, 0.25) is 0 Å². The van der Waals surface area contributed by atoms with E-state index >= 15 is 0 Å². The highest BCUT2D eigenvalue weighted by molar-refractivity contribution is 7.99. The highest BCUT2D eigenvalue weighted by atomic mass is 32.2. The van der Waals surface area contributed by atoms with Gasteiger partial charge in [0.05, 0.1) is 0 Å². The second-order valence-corrected chi connectivity index (χ2v) is 5.99. The molecule has 1 heterocycles. The van der Waals surface area contributed by atoms with Gasteiger partial charge in [-0.15, -0.1) is 0 Å². The van der Waals surface area contributed by atoms with Crippen molar-refractivity contribution in [3.05, 3.63) is 18.0 Å². The topological polar surface area (TPSA) is 37.8 Å². The van der Waals surface area contributed by atoms with Gasteiger partial charge in [-0.2, -0.15) is 11.8 Å². The first-order chi connectivity index (χ1) is 8.34.